The van der Waals surface area contributed by atoms with Crippen LogP contribution in [0.5, 0.6) is 11.5 Å². The van der Waals surface area contributed by atoms with E-state index < -0.39 is 124 Å². The summed E-state index contributed by atoms with van der Waals surface area (Å²) in [5.41, 5.74) is 15.6. The quantitative estimate of drug-likeness (QED) is 0.0145. The normalized spacial score (nSPS) is 20.4. The molecule has 37 nitrogen and oxygen atoms in total. The van der Waals surface area contributed by atoms with E-state index in [2.05, 4.69) is 45.3 Å². The second-order valence-electron chi connectivity index (χ2n) is 25.4. The smallest absolute Gasteiger partial charge is 0.351 e. The number of hydrogen-bond acceptors (Lipinski definition) is 29. The van der Waals surface area contributed by atoms with Crippen LogP contribution in [0.4, 0.5) is 17.6 Å². The number of aromatic nitrogens is 8. The first-order chi connectivity index (χ1) is 49.1. The number of aromatic amines is 1. The van der Waals surface area contributed by atoms with Gasteiger partial charge in [0, 0.05) is 31.7 Å². The molecule has 0 spiro atoms. The van der Waals surface area contributed by atoms with Crippen LogP contribution >= 0.6 is 22.5 Å². The zero-order valence-electron chi connectivity index (χ0n) is 59.8. The molecule has 0 amide bonds. The van der Waals surface area contributed by atoms with E-state index >= 15 is 0 Å². The monoisotopic (exact) mass is 1520 g/mol. The summed E-state index contributed by atoms with van der Waals surface area (Å²) in [6.07, 6.45) is -0.0334. The van der Waals surface area contributed by atoms with Gasteiger partial charge in [0.25, 0.3) is 5.56 Å². The Morgan fingerprint density at radius 1 is 0.500 bits per heavy atom. The van der Waals surface area contributed by atoms with Gasteiger partial charge >= 0.3 is 50.3 Å². The number of nitrogens with zero attached hydrogens (tertiary/aromatic N) is 7. The average Bonchev–Trinajstić information content (AvgIpc) is 1.64. The Balaban J connectivity index is 0.000000218. The fraction of sp³-hybridized carbons (Fsp3) is 0.547. The van der Waals surface area contributed by atoms with Crippen molar-refractivity contribution in [1.29, 1.82) is 0 Å². The number of imidazole rings is 1. The van der Waals surface area contributed by atoms with Gasteiger partial charge in [-0.15, -0.1) is 0 Å². The van der Waals surface area contributed by atoms with Gasteiger partial charge in [0.05, 0.1) is 68.9 Å². The van der Waals surface area contributed by atoms with Gasteiger partial charge in [-0.25, -0.2) is 34.9 Å². The Bertz CT molecular complexity index is 4130. The number of para-hydroxylation sites is 2. The zero-order chi connectivity index (χ0) is 76.2. The lowest BCUT2D eigenvalue weighted by Gasteiger charge is -2.27. The number of nitrogens with two attached hydrogens (primary N) is 3. The molecule has 9 rings (SSSR count). The molecular formula is C64H94N15O22P3. The molecule has 3 saturated heterocycles. The highest BCUT2D eigenvalue weighted by molar-refractivity contribution is 7.59. The minimum absolute atomic E-state index is 0.0322. The molecule has 104 heavy (non-hydrogen) atoms. The SMILES string of the molecule is CC(C)OC(=O)[C@H](C)NP(=O)(CO[C@H]1CO[C@@H](n2ccc(N)nc2=O)C1)N[C@@H](C)C(=O)OC(C)C.CC(C)OC(=O)[C@H](C)NP(=O)(CO[C@H]1CO[C@@H](n2ccc(N)nc2=O)C1)Oc1ccccc1.CC(C)OC(=O)[C@H](C)NP(=O)(CO[C@H]1CO[C@@H](n2cnc3c(=O)[nH]c(N)nc32)C1)Oc1ccccc1. The Morgan fingerprint density at radius 2 is 0.846 bits per heavy atom. The second kappa shape index (κ2) is 38.1. The van der Waals surface area contributed by atoms with E-state index in [1.54, 1.807) is 134 Å². The van der Waals surface area contributed by atoms with Crippen LogP contribution in [0.1, 0.15) is 121 Å². The first-order valence-electron chi connectivity index (χ1n) is 33.4. The summed E-state index contributed by atoms with van der Waals surface area (Å²) in [4.78, 5) is 103. The Labute approximate surface area is 599 Å². The maximum absolute atomic E-state index is 13.7. The van der Waals surface area contributed by atoms with Crippen molar-refractivity contribution in [2.75, 3.05) is 56.1 Å². The zero-order valence-corrected chi connectivity index (χ0v) is 62.5. The molecule has 0 bridgehead atoms. The van der Waals surface area contributed by atoms with Crippen LogP contribution in [-0.4, -0.2) is 168 Å². The fourth-order valence-electron chi connectivity index (χ4n) is 10.1. The van der Waals surface area contributed by atoms with E-state index in [-0.39, 0.29) is 86.4 Å². The standard InChI is InChI=1S/C22H29N6O7P.C21H36N5O8P.C21H29N4O7P/c1-13(2)34-21(30)14(3)27-36(31,35-15-7-5-4-6-8-15)12-33-16-9-17(32-10-16)28-11-24-18-19(28)25-22(23)26-20(18)29;1-12(2)33-19(27)14(5)24-35(30,25-15(6)20(28)34-13(3)4)11-32-16-9-18(31-10-16)26-8-7-17(22)23-21(26)29;1-14(2)31-20(26)15(3)24-33(28,32-16-7-5-4-6-8-16)13-30-17-11-19(29-12-17)25-10-9-18(22)23-21(25)27/h4-8,11,13-14,16-17H,9-10,12H2,1-3H3,(H,27,31)(H3,23,25,26,29);7-8,12-16,18H,9-11H2,1-6H3,(H2,22,23,29)(H2,24,25,30);4-10,14-15,17,19H,11-13H2,1-3H3,(H,24,28)(H2,22,23,27)/t14-,16+,17+,36?;14-,15-,16+,18+;15-,17+,19+,33?/m000/s1. The maximum Gasteiger partial charge on any atom is 0.351 e. The molecule has 12 atom stereocenters. The Morgan fingerprint density at radius 3 is 1.20 bits per heavy atom. The van der Waals surface area contributed by atoms with Crippen LogP contribution < -0.4 is 63.5 Å². The summed E-state index contributed by atoms with van der Waals surface area (Å²) in [5.74, 6) is -1.39. The molecule has 6 aromatic rings. The number of H-pyrrole nitrogens is 1. The number of anilines is 3. The Hall–Kier alpha value is -8.28. The van der Waals surface area contributed by atoms with Gasteiger partial charge in [-0.2, -0.15) is 15.0 Å². The van der Waals surface area contributed by atoms with Crippen LogP contribution in [0.3, 0.4) is 0 Å². The number of nitrogen functional groups attached to an aromatic ring is 3. The number of hydrogen-bond donors (Lipinski definition) is 8. The molecule has 3 aliphatic heterocycles. The summed E-state index contributed by atoms with van der Waals surface area (Å²) >= 11 is 0. The van der Waals surface area contributed by atoms with Gasteiger partial charge in [-0.3, -0.25) is 56.4 Å². The van der Waals surface area contributed by atoms with Gasteiger partial charge in [0.1, 0.15) is 85.0 Å². The second-order valence-corrected chi connectivity index (χ2v) is 31.8. The molecule has 3 fully saturated rings. The molecule has 4 aromatic heterocycles. The van der Waals surface area contributed by atoms with Gasteiger partial charge in [-0.1, -0.05) is 36.4 Å². The van der Waals surface area contributed by atoms with Crippen LogP contribution in [0.2, 0.25) is 0 Å². The van der Waals surface area contributed by atoms with Crippen molar-refractivity contribution >= 4 is 75.1 Å². The van der Waals surface area contributed by atoms with E-state index in [4.69, 9.17) is 73.6 Å². The van der Waals surface area contributed by atoms with Crippen molar-refractivity contribution in [3.8, 4) is 11.5 Å². The van der Waals surface area contributed by atoms with Crippen molar-refractivity contribution in [2.45, 2.75) is 188 Å². The molecule has 2 unspecified atom stereocenters. The third kappa shape index (κ3) is 25.5. The lowest BCUT2D eigenvalue weighted by Crippen LogP contribution is -2.43. The third-order valence-electron chi connectivity index (χ3n) is 14.8. The molecule has 40 heteroatoms. The van der Waals surface area contributed by atoms with Gasteiger partial charge in [0.15, 0.2) is 11.2 Å². The molecular weight excluding hydrogens is 1420 g/mol. The molecule has 0 radical (unpaired) electrons. The summed E-state index contributed by atoms with van der Waals surface area (Å²) in [6.45, 7) is 20.3. The minimum atomic E-state index is -3.70. The molecule has 7 heterocycles. The number of carbonyl (C=O) groups excluding carboxylic acids is 4. The summed E-state index contributed by atoms with van der Waals surface area (Å²) < 4.78 is 112. The summed E-state index contributed by atoms with van der Waals surface area (Å²) in [6, 6.07) is 16.5. The number of rotatable bonds is 32. The number of carbonyl (C=O) groups is 4. The van der Waals surface area contributed by atoms with Crippen LogP contribution in [0.25, 0.3) is 11.2 Å². The van der Waals surface area contributed by atoms with E-state index in [1.807, 2.05) is 0 Å². The van der Waals surface area contributed by atoms with Crippen molar-refractivity contribution in [2.24, 2.45) is 0 Å². The van der Waals surface area contributed by atoms with Crippen LogP contribution in [-0.2, 0) is 80.2 Å². The molecule has 11 N–H and O–H groups in total. The predicted octanol–water partition coefficient (Wildman–Crippen LogP) is 5.59. The van der Waals surface area contributed by atoms with Gasteiger partial charge in [0.2, 0.25) is 13.4 Å². The topological polar surface area (TPSA) is 490 Å². The van der Waals surface area contributed by atoms with Crippen molar-refractivity contribution < 1.29 is 89.3 Å². The van der Waals surface area contributed by atoms with Crippen LogP contribution in [0.15, 0.2) is 106 Å². The van der Waals surface area contributed by atoms with Crippen molar-refractivity contribution in [1.82, 2.24) is 59.0 Å². The van der Waals surface area contributed by atoms with Crippen LogP contribution in [0, 0.1) is 0 Å². The van der Waals surface area contributed by atoms with Crippen molar-refractivity contribution in [3.05, 3.63) is 123 Å². The van der Waals surface area contributed by atoms with E-state index in [9.17, 15) is 47.3 Å². The maximum atomic E-state index is 13.7. The number of nitrogens with one attached hydrogen (secondary N) is 5. The minimum Gasteiger partial charge on any atom is -0.462 e. The van der Waals surface area contributed by atoms with Crippen molar-refractivity contribution in [3.63, 3.8) is 0 Å². The first-order valence-corrected chi connectivity index (χ1v) is 38.9. The predicted molar refractivity (Wildman–Crippen MR) is 379 cm³/mol. The lowest BCUT2D eigenvalue weighted by molar-refractivity contribution is -0.150. The number of fused-ring (bicyclic) bond motifs is 1. The lowest BCUT2D eigenvalue weighted by atomic mass is 10.3. The summed E-state index contributed by atoms with van der Waals surface area (Å²) in [7, 11) is -11.0. The number of benzene rings is 2. The average molecular weight is 1520 g/mol. The van der Waals surface area contributed by atoms with E-state index in [1.165, 1.54) is 53.8 Å². The number of ether oxygens (including phenoxy) is 10. The Kier molecular flexibility index (Phi) is 30.4. The third-order valence-corrected chi connectivity index (χ3v) is 20.4. The highest BCUT2D eigenvalue weighted by Gasteiger charge is 2.40. The van der Waals surface area contributed by atoms with E-state index in [0.717, 1.165) is 0 Å². The van der Waals surface area contributed by atoms with E-state index in [0.29, 0.717) is 36.4 Å². The van der Waals surface area contributed by atoms with Gasteiger partial charge < -0.3 is 73.6 Å². The molecule has 0 saturated carbocycles. The molecule has 3 aliphatic rings. The van der Waals surface area contributed by atoms with Gasteiger partial charge in [-0.05, 0) is 119 Å². The summed E-state index contributed by atoms with van der Waals surface area (Å²) in [5, 5.41) is 11.0. The largest absolute Gasteiger partial charge is 0.462 e. The fourth-order valence-corrected chi connectivity index (χ4v) is 15.7. The highest BCUT2D eigenvalue weighted by Crippen LogP contribution is 2.47. The number of esters is 4. The molecule has 0 aliphatic carbocycles. The highest BCUT2D eigenvalue weighted by atomic mass is 31.2. The molecule has 2 aromatic carbocycles. The molecule has 572 valence electrons. The first kappa shape index (κ1) is 83.0.